The van der Waals surface area contributed by atoms with E-state index < -0.39 is 5.97 Å². The summed E-state index contributed by atoms with van der Waals surface area (Å²) in [6.45, 7) is 4.99. The Morgan fingerprint density at radius 3 is 2.52 bits per heavy atom. The van der Waals surface area contributed by atoms with Crippen LogP contribution in [0.4, 0.5) is 0 Å². The Kier molecular flexibility index (Phi) is 8.99. The van der Waals surface area contributed by atoms with Crippen molar-refractivity contribution in [1.29, 1.82) is 0 Å². The molecule has 0 fully saturated rings. The van der Waals surface area contributed by atoms with E-state index in [1.165, 1.54) is 19.3 Å². The molecule has 1 aromatic carbocycles. The minimum Gasteiger partial charge on any atom is -0.492 e. The molecule has 1 N–H and O–H groups in total. The minimum absolute atomic E-state index is 0.290. The maximum Gasteiger partial charge on any atom is 0.335 e. The molecule has 0 aliphatic rings. The molecule has 3 nitrogen and oxygen atoms in total. The fraction of sp³-hybridized carbons (Fsp3) is 0.588. The molecule has 4 heteroatoms. The molecule has 0 spiro atoms. The number of carboxylic acids is 1. The van der Waals surface area contributed by atoms with Crippen molar-refractivity contribution in [2.24, 2.45) is 0 Å². The van der Waals surface area contributed by atoms with Crippen LogP contribution in [-0.2, 0) is 0 Å². The van der Waals surface area contributed by atoms with E-state index in [4.69, 9.17) is 9.84 Å². The van der Waals surface area contributed by atoms with Gasteiger partial charge in [0.05, 0.1) is 12.2 Å². The molecule has 0 aromatic heterocycles. The Balaban J connectivity index is 2.67. The van der Waals surface area contributed by atoms with Gasteiger partial charge in [-0.3, -0.25) is 0 Å². The van der Waals surface area contributed by atoms with E-state index in [9.17, 15) is 4.79 Å². The van der Waals surface area contributed by atoms with E-state index in [1.807, 2.05) is 6.07 Å². The molecular formula is C17H26O3S. The van der Waals surface area contributed by atoms with Crippen molar-refractivity contribution in [1.82, 2.24) is 0 Å². The summed E-state index contributed by atoms with van der Waals surface area (Å²) in [5.74, 6) is 0.856. The SMILES string of the molecule is CCCCCOc1cc(C(=O)O)ccc1SCCCCC. The monoisotopic (exact) mass is 310 g/mol. The summed E-state index contributed by atoms with van der Waals surface area (Å²) >= 11 is 1.75. The van der Waals surface area contributed by atoms with Crippen molar-refractivity contribution in [3.8, 4) is 5.75 Å². The van der Waals surface area contributed by atoms with E-state index in [-0.39, 0.29) is 0 Å². The number of hydrogen-bond donors (Lipinski definition) is 1. The molecule has 0 radical (unpaired) electrons. The highest BCUT2D eigenvalue weighted by Crippen LogP contribution is 2.31. The third-order valence-corrected chi connectivity index (χ3v) is 4.34. The smallest absolute Gasteiger partial charge is 0.335 e. The van der Waals surface area contributed by atoms with E-state index in [2.05, 4.69) is 13.8 Å². The Labute approximate surface area is 132 Å². The summed E-state index contributed by atoms with van der Waals surface area (Å²) < 4.78 is 5.80. The molecule has 0 aliphatic heterocycles. The first-order valence-electron chi connectivity index (χ1n) is 7.82. The number of thioether (sulfide) groups is 1. The lowest BCUT2D eigenvalue weighted by Gasteiger charge is -2.12. The fourth-order valence-corrected chi connectivity index (χ4v) is 2.93. The van der Waals surface area contributed by atoms with Crippen LogP contribution in [0.1, 0.15) is 62.7 Å². The molecule has 0 amide bonds. The Morgan fingerprint density at radius 2 is 1.86 bits per heavy atom. The number of benzene rings is 1. The van der Waals surface area contributed by atoms with E-state index >= 15 is 0 Å². The van der Waals surface area contributed by atoms with Crippen LogP contribution in [0.2, 0.25) is 0 Å². The Morgan fingerprint density at radius 1 is 1.14 bits per heavy atom. The van der Waals surface area contributed by atoms with Gasteiger partial charge in [0, 0.05) is 4.90 Å². The highest BCUT2D eigenvalue weighted by Gasteiger charge is 2.10. The van der Waals surface area contributed by atoms with Gasteiger partial charge in [0.25, 0.3) is 0 Å². The standard InChI is InChI=1S/C17H26O3S/c1-3-5-7-11-20-15-13-14(17(18)19)9-10-16(15)21-12-8-6-4-2/h9-10,13H,3-8,11-12H2,1-2H3,(H,18,19). The zero-order chi connectivity index (χ0) is 15.5. The molecule has 1 aromatic rings. The number of rotatable bonds is 11. The normalized spacial score (nSPS) is 10.6. The fourth-order valence-electron chi connectivity index (χ4n) is 1.94. The molecule has 0 saturated carbocycles. The zero-order valence-corrected chi connectivity index (χ0v) is 13.9. The van der Waals surface area contributed by atoms with Crippen LogP contribution in [0.5, 0.6) is 5.75 Å². The molecule has 1 rings (SSSR count). The van der Waals surface area contributed by atoms with Crippen molar-refractivity contribution in [3.63, 3.8) is 0 Å². The lowest BCUT2D eigenvalue weighted by molar-refractivity contribution is 0.0696. The summed E-state index contributed by atoms with van der Waals surface area (Å²) in [7, 11) is 0. The molecule has 0 aliphatic carbocycles. The average molecular weight is 310 g/mol. The third kappa shape index (κ3) is 6.89. The predicted octanol–water partition coefficient (Wildman–Crippen LogP) is 5.24. The van der Waals surface area contributed by atoms with Crippen molar-refractivity contribution < 1.29 is 14.6 Å². The number of carbonyl (C=O) groups is 1. The van der Waals surface area contributed by atoms with Crippen LogP contribution in [0.25, 0.3) is 0 Å². The number of aromatic carboxylic acids is 1. The van der Waals surface area contributed by atoms with Crippen molar-refractivity contribution in [2.45, 2.75) is 57.3 Å². The van der Waals surface area contributed by atoms with E-state index in [0.29, 0.717) is 17.9 Å². The van der Waals surface area contributed by atoms with Crippen molar-refractivity contribution in [2.75, 3.05) is 12.4 Å². The second-order valence-corrected chi connectivity index (χ2v) is 6.21. The largest absolute Gasteiger partial charge is 0.492 e. The first-order chi connectivity index (χ1) is 10.2. The van der Waals surface area contributed by atoms with Gasteiger partial charge in [-0.05, 0) is 36.8 Å². The highest BCUT2D eigenvalue weighted by atomic mass is 32.2. The van der Waals surface area contributed by atoms with Crippen LogP contribution >= 0.6 is 11.8 Å². The average Bonchev–Trinajstić information content (AvgIpc) is 2.48. The topological polar surface area (TPSA) is 46.5 Å². The van der Waals surface area contributed by atoms with E-state index in [1.54, 1.807) is 23.9 Å². The Bertz CT molecular complexity index is 432. The first kappa shape index (κ1) is 17.9. The van der Waals surface area contributed by atoms with Crippen LogP contribution in [0.3, 0.4) is 0 Å². The summed E-state index contributed by atoms with van der Waals surface area (Å²) in [6, 6.07) is 5.18. The molecule has 118 valence electrons. The summed E-state index contributed by atoms with van der Waals surface area (Å²) in [4.78, 5) is 12.1. The van der Waals surface area contributed by atoms with Gasteiger partial charge in [0.15, 0.2) is 0 Å². The summed E-state index contributed by atoms with van der Waals surface area (Å²) in [6.07, 6.45) is 6.91. The van der Waals surface area contributed by atoms with E-state index in [0.717, 1.165) is 29.9 Å². The van der Waals surface area contributed by atoms with Crippen LogP contribution < -0.4 is 4.74 Å². The summed E-state index contributed by atoms with van der Waals surface area (Å²) in [5.41, 5.74) is 0.290. The molecule has 0 atom stereocenters. The van der Waals surface area contributed by atoms with Gasteiger partial charge in [-0.15, -0.1) is 11.8 Å². The lowest BCUT2D eigenvalue weighted by Crippen LogP contribution is -2.02. The van der Waals surface area contributed by atoms with Crippen LogP contribution in [0, 0.1) is 0 Å². The third-order valence-electron chi connectivity index (χ3n) is 3.20. The quantitative estimate of drug-likeness (QED) is 0.448. The van der Waals surface area contributed by atoms with Gasteiger partial charge in [-0.2, -0.15) is 0 Å². The zero-order valence-electron chi connectivity index (χ0n) is 13.1. The van der Waals surface area contributed by atoms with Gasteiger partial charge < -0.3 is 9.84 Å². The lowest BCUT2D eigenvalue weighted by atomic mass is 10.2. The molecule has 21 heavy (non-hydrogen) atoms. The Hall–Kier alpha value is -1.16. The number of unbranched alkanes of at least 4 members (excludes halogenated alkanes) is 4. The molecule has 0 saturated heterocycles. The van der Waals surface area contributed by atoms with Crippen LogP contribution in [0.15, 0.2) is 23.1 Å². The molecular weight excluding hydrogens is 284 g/mol. The van der Waals surface area contributed by atoms with Crippen molar-refractivity contribution in [3.05, 3.63) is 23.8 Å². The molecule has 0 unspecified atom stereocenters. The second-order valence-electron chi connectivity index (χ2n) is 5.08. The van der Waals surface area contributed by atoms with Gasteiger partial charge in [0.2, 0.25) is 0 Å². The van der Waals surface area contributed by atoms with Crippen molar-refractivity contribution >= 4 is 17.7 Å². The highest BCUT2D eigenvalue weighted by molar-refractivity contribution is 7.99. The maximum atomic E-state index is 11.1. The molecule has 0 heterocycles. The summed E-state index contributed by atoms with van der Waals surface area (Å²) in [5, 5.41) is 9.09. The number of ether oxygens (including phenoxy) is 1. The van der Waals surface area contributed by atoms with Crippen LogP contribution in [-0.4, -0.2) is 23.4 Å². The second kappa shape index (κ2) is 10.6. The van der Waals surface area contributed by atoms with Gasteiger partial charge in [0.1, 0.15) is 5.75 Å². The number of carboxylic acid groups (broad SMARTS) is 1. The number of hydrogen-bond acceptors (Lipinski definition) is 3. The predicted molar refractivity (Wildman–Crippen MR) is 88.7 cm³/mol. The minimum atomic E-state index is -0.907. The van der Waals surface area contributed by atoms with Gasteiger partial charge in [-0.1, -0.05) is 39.5 Å². The van der Waals surface area contributed by atoms with Gasteiger partial charge >= 0.3 is 5.97 Å². The van der Waals surface area contributed by atoms with Gasteiger partial charge in [-0.25, -0.2) is 4.79 Å². The first-order valence-corrected chi connectivity index (χ1v) is 8.80. The molecule has 0 bridgehead atoms. The maximum absolute atomic E-state index is 11.1.